The lowest BCUT2D eigenvalue weighted by atomic mass is 10.5. The maximum absolute atomic E-state index is 4.17. The van der Waals surface area contributed by atoms with Crippen LogP contribution >= 0.6 is 0 Å². The van der Waals surface area contributed by atoms with Crippen molar-refractivity contribution in [1.29, 1.82) is 0 Å². The van der Waals surface area contributed by atoms with Gasteiger partial charge in [0, 0.05) is 11.9 Å². The van der Waals surface area contributed by atoms with Gasteiger partial charge in [-0.3, -0.25) is 0 Å². The first-order valence-corrected chi connectivity index (χ1v) is 4.34. The number of aromatic amines is 1. The zero-order valence-corrected chi connectivity index (χ0v) is 7.86. The first-order chi connectivity index (χ1) is 6.84. The zero-order chi connectivity index (χ0) is 9.80. The van der Waals surface area contributed by atoms with E-state index in [0.29, 0.717) is 6.54 Å². The van der Waals surface area contributed by atoms with Gasteiger partial charge in [0.05, 0.1) is 24.6 Å². The summed E-state index contributed by atoms with van der Waals surface area (Å²) in [4.78, 5) is 15.1. The number of anilines is 1. The smallest absolute Gasteiger partial charge is 0.125 e. The highest BCUT2D eigenvalue weighted by molar-refractivity contribution is 5.37. The molecule has 0 aliphatic heterocycles. The summed E-state index contributed by atoms with van der Waals surface area (Å²) >= 11 is 0. The first-order valence-electron chi connectivity index (χ1n) is 4.34. The minimum atomic E-state index is 0.654. The van der Waals surface area contributed by atoms with Crippen molar-refractivity contribution in [1.82, 2.24) is 19.9 Å². The van der Waals surface area contributed by atoms with Crippen molar-refractivity contribution in [3.63, 3.8) is 0 Å². The lowest BCUT2D eigenvalue weighted by Crippen LogP contribution is -2.01. The number of hydrogen-bond acceptors (Lipinski definition) is 4. The molecule has 0 spiro atoms. The van der Waals surface area contributed by atoms with Gasteiger partial charge in [-0.25, -0.2) is 15.0 Å². The first kappa shape index (κ1) is 8.68. The van der Waals surface area contributed by atoms with Crippen molar-refractivity contribution in [3.05, 3.63) is 36.4 Å². The van der Waals surface area contributed by atoms with Gasteiger partial charge < -0.3 is 10.3 Å². The topological polar surface area (TPSA) is 66.5 Å². The summed E-state index contributed by atoms with van der Waals surface area (Å²) in [5.41, 5.74) is 1.95. The van der Waals surface area contributed by atoms with Crippen LogP contribution in [0.4, 0.5) is 5.69 Å². The quantitative estimate of drug-likeness (QED) is 0.759. The van der Waals surface area contributed by atoms with Gasteiger partial charge in [-0.05, 0) is 6.92 Å². The van der Waals surface area contributed by atoms with Crippen LogP contribution in [0.1, 0.15) is 11.5 Å². The Morgan fingerprint density at radius 3 is 2.71 bits per heavy atom. The number of aromatic nitrogens is 4. The Morgan fingerprint density at radius 1 is 1.29 bits per heavy atom. The molecule has 72 valence electrons. The third-order valence-electron chi connectivity index (χ3n) is 1.78. The van der Waals surface area contributed by atoms with Crippen LogP contribution in [-0.4, -0.2) is 19.9 Å². The molecule has 2 aromatic heterocycles. The lowest BCUT2D eigenvalue weighted by Gasteiger charge is -2.01. The van der Waals surface area contributed by atoms with Crippen molar-refractivity contribution in [2.24, 2.45) is 0 Å². The van der Waals surface area contributed by atoms with E-state index in [9.17, 15) is 0 Å². The summed E-state index contributed by atoms with van der Waals surface area (Å²) < 4.78 is 0. The van der Waals surface area contributed by atoms with Crippen molar-refractivity contribution < 1.29 is 0 Å². The maximum Gasteiger partial charge on any atom is 0.125 e. The predicted molar refractivity (Wildman–Crippen MR) is 52.7 cm³/mol. The van der Waals surface area contributed by atoms with Crippen LogP contribution in [-0.2, 0) is 6.54 Å². The van der Waals surface area contributed by atoms with Gasteiger partial charge in [0.25, 0.3) is 0 Å². The molecule has 2 rings (SSSR count). The Kier molecular flexibility index (Phi) is 2.40. The molecule has 0 radical (unpaired) electrons. The van der Waals surface area contributed by atoms with Crippen molar-refractivity contribution in [2.45, 2.75) is 13.5 Å². The molecule has 0 aromatic carbocycles. The second kappa shape index (κ2) is 3.87. The molecule has 0 amide bonds. The van der Waals surface area contributed by atoms with E-state index < -0.39 is 0 Å². The predicted octanol–water partition coefficient (Wildman–Crippen LogP) is 1.12. The Hall–Kier alpha value is -1.91. The molecule has 2 N–H and O–H groups in total. The largest absolute Gasteiger partial charge is 0.375 e. The number of H-pyrrole nitrogens is 1. The lowest BCUT2D eigenvalue weighted by molar-refractivity contribution is 0.985. The number of nitrogens with one attached hydrogen (secondary N) is 2. The van der Waals surface area contributed by atoms with Crippen LogP contribution in [0.2, 0.25) is 0 Å². The molecule has 0 saturated carbocycles. The number of imidazole rings is 1. The van der Waals surface area contributed by atoms with E-state index in [-0.39, 0.29) is 0 Å². The van der Waals surface area contributed by atoms with Crippen LogP contribution in [0.25, 0.3) is 0 Å². The summed E-state index contributed by atoms with van der Waals surface area (Å²) in [6.45, 7) is 2.63. The van der Waals surface area contributed by atoms with E-state index in [2.05, 4.69) is 25.3 Å². The van der Waals surface area contributed by atoms with Gasteiger partial charge >= 0.3 is 0 Å². The van der Waals surface area contributed by atoms with Crippen LogP contribution < -0.4 is 5.32 Å². The molecule has 14 heavy (non-hydrogen) atoms. The van der Waals surface area contributed by atoms with E-state index in [0.717, 1.165) is 17.2 Å². The van der Waals surface area contributed by atoms with Crippen LogP contribution in [0.15, 0.2) is 24.9 Å². The van der Waals surface area contributed by atoms with Crippen molar-refractivity contribution in [2.75, 3.05) is 5.32 Å². The second-order valence-electron chi connectivity index (χ2n) is 2.99. The minimum Gasteiger partial charge on any atom is -0.375 e. The molecule has 0 aliphatic rings. The molecular weight excluding hydrogens is 178 g/mol. The fraction of sp³-hybridized carbons (Fsp3) is 0.222. The Morgan fingerprint density at radius 2 is 2.07 bits per heavy atom. The molecular formula is C9H11N5. The molecule has 0 aliphatic carbocycles. The summed E-state index contributed by atoms with van der Waals surface area (Å²) in [5.74, 6) is 0.909. The van der Waals surface area contributed by atoms with Crippen LogP contribution in [0.5, 0.6) is 0 Å². The van der Waals surface area contributed by atoms with E-state index in [1.807, 2.05) is 6.92 Å². The third-order valence-corrected chi connectivity index (χ3v) is 1.78. The molecule has 5 nitrogen and oxygen atoms in total. The molecule has 0 atom stereocenters. The van der Waals surface area contributed by atoms with Crippen molar-refractivity contribution in [3.8, 4) is 0 Å². The highest BCUT2D eigenvalue weighted by atomic mass is 15.0. The highest BCUT2D eigenvalue weighted by Crippen LogP contribution is 2.03. The van der Waals surface area contributed by atoms with E-state index in [1.165, 1.54) is 6.33 Å². The van der Waals surface area contributed by atoms with Gasteiger partial charge in [0.15, 0.2) is 0 Å². The van der Waals surface area contributed by atoms with Crippen LogP contribution in [0.3, 0.4) is 0 Å². The second-order valence-corrected chi connectivity index (χ2v) is 2.99. The third kappa shape index (κ3) is 2.07. The van der Waals surface area contributed by atoms with Crippen molar-refractivity contribution >= 4 is 5.69 Å². The van der Waals surface area contributed by atoms with Crippen LogP contribution in [0, 0.1) is 6.92 Å². The van der Waals surface area contributed by atoms with Gasteiger partial charge in [0.2, 0.25) is 0 Å². The molecule has 0 bridgehead atoms. The molecule has 0 fully saturated rings. The number of aryl methyl sites for hydroxylation is 1. The minimum absolute atomic E-state index is 0.654. The Bertz CT molecular complexity index is 395. The van der Waals surface area contributed by atoms with Gasteiger partial charge in [-0.2, -0.15) is 0 Å². The van der Waals surface area contributed by atoms with Gasteiger partial charge in [-0.1, -0.05) is 0 Å². The van der Waals surface area contributed by atoms with Gasteiger partial charge in [0.1, 0.15) is 12.2 Å². The molecule has 2 heterocycles. The summed E-state index contributed by atoms with van der Waals surface area (Å²) in [7, 11) is 0. The Balaban J connectivity index is 1.95. The molecule has 2 aromatic rings. The Labute approximate surface area is 81.6 Å². The number of hydrogen-bond donors (Lipinski definition) is 2. The fourth-order valence-electron chi connectivity index (χ4n) is 1.13. The molecule has 5 heteroatoms. The SMILES string of the molecule is Cc1cnc(CNc2cncnc2)[nH]1. The fourth-order valence-corrected chi connectivity index (χ4v) is 1.13. The summed E-state index contributed by atoms with van der Waals surface area (Å²) in [6.07, 6.45) is 6.76. The normalized spacial score (nSPS) is 10.1. The van der Waals surface area contributed by atoms with E-state index >= 15 is 0 Å². The zero-order valence-electron chi connectivity index (χ0n) is 7.86. The number of rotatable bonds is 3. The molecule has 0 saturated heterocycles. The maximum atomic E-state index is 4.17. The van der Waals surface area contributed by atoms with E-state index in [1.54, 1.807) is 18.6 Å². The standard InChI is InChI=1S/C9H11N5/c1-7-2-13-9(14-7)5-12-8-3-10-6-11-4-8/h2-4,6,12H,5H2,1H3,(H,13,14). The van der Waals surface area contributed by atoms with Gasteiger partial charge in [-0.15, -0.1) is 0 Å². The molecule has 0 unspecified atom stereocenters. The monoisotopic (exact) mass is 189 g/mol. The summed E-state index contributed by atoms with van der Waals surface area (Å²) in [6, 6.07) is 0. The van der Waals surface area contributed by atoms with E-state index in [4.69, 9.17) is 0 Å². The summed E-state index contributed by atoms with van der Waals surface area (Å²) in [5, 5.41) is 3.16. The number of nitrogens with zero attached hydrogens (tertiary/aromatic N) is 3. The highest BCUT2D eigenvalue weighted by Gasteiger charge is 1.96. The average Bonchev–Trinajstić information content (AvgIpc) is 2.63. The average molecular weight is 189 g/mol.